The van der Waals surface area contributed by atoms with E-state index in [0.717, 1.165) is 0 Å². The molecule has 0 spiro atoms. The molecule has 0 saturated carbocycles. The van der Waals surface area contributed by atoms with Gasteiger partial charge in [0, 0.05) is 7.05 Å². The van der Waals surface area contributed by atoms with E-state index >= 15 is 0 Å². The number of ether oxygens (including phenoxy) is 1. The summed E-state index contributed by atoms with van der Waals surface area (Å²) in [7, 11) is -2.23. The Kier molecular flexibility index (Phi) is 3.63. The lowest BCUT2D eigenvalue weighted by Gasteiger charge is -2.20. The van der Waals surface area contributed by atoms with E-state index in [4.69, 9.17) is 9.15 Å². The molecule has 1 aliphatic heterocycles. The molecule has 0 radical (unpaired) electrons. The zero-order valence-electron chi connectivity index (χ0n) is 11.8. The van der Waals surface area contributed by atoms with Crippen LogP contribution in [0, 0.1) is 0 Å². The lowest BCUT2D eigenvalue weighted by Crippen LogP contribution is -2.28. The summed E-state index contributed by atoms with van der Waals surface area (Å²) in [6, 6.07) is 7.77. The number of sulfonamides is 1. The Morgan fingerprint density at radius 1 is 1.32 bits per heavy atom. The van der Waals surface area contributed by atoms with Crippen LogP contribution < -0.4 is 10.1 Å². The second-order valence-electron chi connectivity index (χ2n) is 4.84. The third-order valence-electron chi connectivity index (χ3n) is 3.25. The summed E-state index contributed by atoms with van der Waals surface area (Å²) in [5.41, 5.74) is 0.351. The van der Waals surface area contributed by atoms with Crippen LogP contribution in [0.25, 0.3) is 0 Å². The number of furan rings is 1. The average molecular weight is 322 g/mol. The number of rotatable bonds is 4. The summed E-state index contributed by atoms with van der Waals surface area (Å²) in [6.07, 6.45) is 1.49. The van der Waals surface area contributed by atoms with Crippen LogP contribution >= 0.6 is 0 Å². The average Bonchev–Trinajstić information content (AvgIpc) is 2.99. The standard InChI is InChI=1S/C14H14N2O5S/c1-16(8-10-3-2-6-20-10)22(18,19)11-4-5-13-12(7-11)15-14(17)9-21-13/h2-7H,8-9H2,1H3,(H,15,17). The Morgan fingerprint density at radius 3 is 2.86 bits per heavy atom. The van der Waals surface area contributed by atoms with E-state index in [-0.39, 0.29) is 24.0 Å². The smallest absolute Gasteiger partial charge is 0.262 e. The predicted octanol–water partition coefficient (Wildman–Crippen LogP) is 1.43. The van der Waals surface area contributed by atoms with Gasteiger partial charge in [0.1, 0.15) is 11.5 Å². The van der Waals surface area contributed by atoms with E-state index in [1.807, 2.05) is 0 Å². The number of fused-ring (bicyclic) bond motifs is 1. The van der Waals surface area contributed by atoms with Gasteiger partial charge < -0.3 is 14.5 Å². The number of carbonyl (C=O) groups excluding carboxylic acids is 1. The summed E-state index contributed by atoms with van der Waals surface area (Å²) in [4.78, 5) is 11.4. The van der Waals surface area contributed by atoms with Gasteiger partial charge in [-0.2, -0.15) is 4.31 Å². The van der Waals surface area contributed by atoms with Crippen molar-refractivity contribution >= 4 is 21.6 Å². The minimum atomic E-state index is -3.70. The minimum absolute atomic E-state index is 0.0719. The molecular weight excluding hydrogens is 308 g/mol. The van der Waals surface area contributed by atoms with Crippen LogP contribution in [-0.4, -0.2) is 32.3 Å². The van der Waals surface area contributed by atoms with E-state index < -0.39 is 10.0 Å². The Labute approximate surface area is 127 Å². The molecule has 1 N–H and O–H groups in total. The van der Waals surface area contributed by atoms with Crippen LogP contribution in [0.3, 0.4) is 0 Å². The maximum atomic E-state index is 12.6. The molecule has 0 unspecified atom stereocenters. The monoisotopic (exact) mass is 322 g/mol. The van der Waals surface area contributed by atoms with Gasteiger partial charge in [-0.25, -0.2) is 8.42 Å². The molecule has 2 aromatic rings. The molecule has 7 nitrogen and oxygen atoms in total. The third kappa shape index (κ3) is 2.70. The van der Waals surface area contributed by atoms with Crippen molar-refractivity contribution < 1.29 is 22.4 Å². The van der Waals surface area contributed by atoms with Crippen LogP contribution in [0.4, 0.5) is 5.69 Å². The molecular formula is C14H14N2O5S. The highest BCUT2D eigenvalue weighted by Crippen LogP contribution is 2.31. The van der Waals surface area contributed by atoms with Crippen molar-refractivity contribution in [1.29, 1.82) is 0 Å². The lowest BCUT2D eigenvalue weighted by atomic mass is 10.2. The summed E-state index contributed by atoms with van der Waals surface area (Å²) in [5.74, 6) is 0.680. The molecule has 1 aromatic carbocycles. The van der Waals surface area contributed by atoms with Gasteiger partial charge in [-0.05, 0) is 30.3 Å². The first-order chi connectivity index (χ1) is 10.5. The first-order valence-electron chi connectivity index (χ1n) is 6.52. The van der Waals surface area contributed by atoms with Crippen molar-refractivity contribution in [2.45, 2.75) is 11.4 Å². The minimum Gasteiger partial charge on any atom is -0.482 e. The Morgan fingerprint density at radius 2 is 2.14 bits per heavy atom. The highest BCUT2D eigenvalue weighted by molar-refractivity contribution is 7.89. The molecule has 8 heteroatoms. The third-order valence-corrected chi connectivity index (χ3v) is 5.05. The molecule has 1 amide bonds. The first kappa shape index (κ1) is 14.6. The van der Waals surface area contributed by atoms with Crippen molar-refractivity contribution in [3.8, 4) is 5.75 Å². The van der Waals surface area contributed by atoms with Crippen LogP contribution in [0.1, 0.15) is 5.76 Å². The molecule has 2 heterocycles. The van der Waals surface area contributed by atoms with Crippen molar-refractivity contribution in [1.82, 2.24) is 4.31 Å². The van der Waals surface area contributed by atoms with Crippen molar-refractivity contribution in [3.63, 3.8) is 0 Å². The molecule has 0 fully saturated rings. The maximum absolute atomic E-state index is 12.6. The number of amides is 1. The van der Waals surface area contributed by atoms with Gasteiger partial charge in [0.25, 0.3) is 5.91 Å². The second kappa shape index (κ2) is 5.47. The fourth-order valence-corrected chi connectivity index (χ4v) is 3.27. The quantitative estimate of drug-likeness (QED) is 0.920. The van der Waals surface area contributed by atoms with Crippen LogP contribution in [0.5, 0.6) is 5.75 Å². The van der Waals surface area contributed by atoms with E-state index in [1.165, 1.54) is 35.8 Å². The van der Waals surface area contributed by atoms with Crippen molar-refractivity contribution in [2.75, 3.05) is 19.0 Å². The normalized spacial score (nSPS) is 14.4. The number of anilines is 1. The highest BCUT2D eigenvalue weighted by Gasteiger charge is 2.25. The zero-order valence-corrected chi connectivity index (χ0v) is 12.6. The molecule has 0 saturated heterocycles. The number of hydrogen-bond donors (Lipinski definition) is 1. The molecule has 22 heavy (non-hydrogen) atoms. The highest BCUT2D eigenvalue weighted by atomic mass is 32.2. The molecule has 1 aliphatic rings. The Hall–Kier alpha value is -2.32. The molecule has 116 valence electrons. The van der Waals surface area contributed by atoms with Gasteiger partial charge in [-0.15, -0.1) is 0 Å². The zero-order chi connectivity index (χ0) is 15.7. The number of hydrogen-bond acceptors (Lipinski definition) is 5. The summed E-state index contributed by atoms with van der Waals surface area (Å²) < 4.78 is 36.7. The van der Waals surface area contributed by atoms with Gasteiger partial charge in [-0.3, -0.25) is 4.79 Å². The van der Waals surface area contributed by atoms with Crippen molar-refractivity contribution in [3.05, 3.63) is 42.4 Å². The van der Waals surface area contributed by atoms with Gasteiger partial charge in [0.2, 0.25) is 10.0 Å². The van der Waals surface area contributed by atoms with Crippen LogP contribution in [-0.2, 0) is 21.4 Å². The largest absolute Gasteiger partial charge is 0.482 e. The maximum Gasteiger partial charge on any atom is 0.262 e. The van der Waals surface area contributed by atoms with E-state index in [9.17, 15) is 13.2 Å². The SMILES string of the molecule is CN(Cc1ccco1)S(=O)(=O)c1ccc2c(c1)NC(=O)CO2. The van der Waals surface area contributed by atoms with E-state index in [1.54, 1.807) is 12.1 Å². The van der Waals surface area contributed by atoms with Gasteiger partial charge >= 0.3 is 0 Å². The second-order valence-corrected chi connectivity index (χ2v) is 6.88. The summed E-state index contributed by atoms with van der Waals surface area (Å²) in [5, 5.41) is 2.59. The van der Waals surface area contributed by atoms with Gasteiger partial charge in [0.15, 0.2) is 6.61 Å². The van der Waals surface area contributed by atoms with E-state index in [2.05, 4.69) is 5.32 Å². The number of benzene rings is 1. The van der Waals surface area contributed by atoms with Gasteiger partial charge in [-0.1, -0.05) is 0 Å². The molecule has 0 aliphatic carbocycles. The Balaban J connectivity index is 1.88. The summed E-state index contributed by atoms with van der Waals surface area (Å²) in [6.45, 7) is 0.0484. The lowest BCUT2D eigenvalue weighted by molar-refractivity contribution is -0.118. The van der Waals surface area contributed by atoms with Crippen molar-refractivity contribution in [2.24, 2.45) is 0 Å². The summed E-state index contributed by atoms with van der Waals surface area (Å²) >= 11 is 0. The van der Waals surface area contributed by atoms with Crippen LogP contribution in [0.2, 0.25) is 0 Å². The number of carbonyl (C=O) groups is 1. The predicted molar refractivity (Wildman–Crippen MR) is 77.9 cm³/mol. The van der Waals surface area contributed by atoms with E-state index in [0.29, 0.717) is 17.2 Å². The first-order valence-corrected chi connectivity index (χ1v) is 7.96. The Bertz CT molecular complexity index is 799. The number of nitrogens with one attached hydrogen (secondary N) is 1. The van der Waals surface area contributed by atoms with Gasteiger partial charge in [0.05, 0.1) is 23.4 Å². The fraction of sp³-hybridized carbons (Fsp3) is 0.214. The number of nitrogens with zero attached hydrogens (tertiary/aromatic N) is 1. The van der Waals surface area contributed by atoms with Crippen LogP contribution in [0.15, 0.2) is 45.9 Å². The topological polar surface area (TPSA) is 88.9 Å². The molecule has 1 aromatic heterocycles. The molecule has 3 rings (SSSR count). The fourth-order valence-electron chi connectivity index (χ4n) is 2.11. The molecule has 0 bridgehead atoms. The molecule has 0 atom stereocenters.